The lowest BCUT2D eigenvalue weighted by atomic mass is 9.79. The van der Waals surface area contributed by atoms with Crippen molar-refractivity contribution in [3.05, 3.63) is 27.7 Å². The summed E-state index contributed by atoms with van der Waals surface area (Å²) in [5.41, 5.74) is 1.30. The second kappa shape index (κ2) is 7.38. The van der Waals surface area contributed by atoms with Gasteiger partial charge >= 0.3 is 0 Å². The van der Waals surface area contributed by atoms with Crippen LogP contribution >= 0.6 is 39.1 Å². The highest BCUT2D eigenvalue weighted by atomic mass is 79.9. The van der Waals surface area contributed by atoms with Crippen LogP contribution in [0.15, 0.2) is 12.1 Å². The predicted molar refractivity (Wildman–Crippen MR) is 92.5 cm³/mol. The second-order valence-corrected chi connectivity index (χ2v) is 8.13. The number of benzene rings is 1. The zero-order valence-electron chi connectivity index (χ0n) is 12.8. The number of rotatable bonds is 5. The van der Waals surface area contributed by atoms with E-state index < -0.39 is 0 Å². The van der Waals surface area contributed by atoms with Crippen molar-refractivity contribution in [2.45, 2.75) is 45.9 Å². The Morgan fingerprint density at radius 2 is 1.80 bits per heavy atom. The molecule has 0 spiro atoms. The summed E-state index contributed by atoms with van der Waals surface area (Å²) in [4.78, 5) is 0.192. The average molecular weight is 382 g/mol. The Morgan fingerprint density at radius 1 is 1.20 bits per heavy atom. The maximum Gasteiger partial charge on any atom is 0.139 e. The number of hydrogen-bond acceptors (Lipinski definition) is 1. The van der Waals surface area contributed by atoms with Crippen LogP contribution in [0.25, 0.3) is 0 Å². The third-order valence-corrected chi connectivity index (χ3v) is 5.22. The summed E-state index contributed by atoms with van der Waals surface area (Å²) >= 11 is 16.4. The van der Waals surface area contributed by atoms with Gasteiger partial charge in [-0.15, -0.1) is 0 Å². The minimum absolute atomic E-state index is 0.192. The van der Waals surface area contributed by atoms with E-state index in [9.17, 15) is 0 Å². The van der Waals surface area contributed by atoms with Crippen LogP contribution < -0.4 is 4.74 Å². The summed E-state index contributed by atoms with van der Waals surface area (Å²) in [5, 5.41) is 1.31. The van der Waals surface area contributed by atoms with Crippen molar-refractivity contribution in [1.82, 2.24) is 0 Å². The van der Waals surface area contributed by atoms with Gasteiger partial charge in [0.15, 0.2) is 0 Å². The first-order valence-corrected chi connectivity index (χ1v) is 8.59. The maximum absolute atomic E-state index is 6.36. The lowest BCUT2D eigenvalue weighted by Crippen LogP contribution is -2.18. The summed E-state index contributed by atoms with van der Waals surface area (Å²) < 4.78 is 5.46. The quantitative estimate of drug-likeness (QED) is 0.504. The van der Waals surface area contributed by atoms with Crippen LogP contribution in [0.3, 0.4) is 0 Å². The largest absolute Gasteiger partial charge is 0.492 e. The zero-order chi connectivity index (χ0) is 15.5. The molecule has 0 heterocycles. The van der Waals surface area contributed by atoms with Gasteiger partial charge in [0.05, 0.1) is 11.6 Å². The van der Waals surface area contributed by atoms with Gasteiger partial charge in [0.25, 0.3) is 0 Å². The minimum Gasteiger partial charge on any atom is -0.492 e. The summed E-state index contributed by atoms with van der Waals surface area (Å²) in [6, 6.07) is 3.71. The van der Waals surface area contributed by atoms with E-state index in [4.69, 9.17) is 27.9 Å². The van der Waals surface area contributed by atoms with Crippen LogP contribution in [0.5, 0.6) is 5.75 Å². The third-order valence-electron chi connectivity index (χ3n) is 3.73. The molecule has 0 aliphatic heterocycles. The van der Waals surface area contributed by atoms with Gasteiger partial charge < -0.3 is 4.74 Å². The fourth-order valence-corrected chi connectivity index (χ4v) is 3.42. The molecule has 0 saturated heterocycles. The minimum atomic E-state index is 0.192. The Hall–Kier alpha value is 0.0800. The highest BCUT2D eigenvalue weighted by Crippen LogP contribution is 2.42. The van der Waals surface area contributed by atoms with Crippen LogP contribution in [-0.4, -0.2) is 6.61 Å². The molecular weight excluding hydrogens is 359 g/mol. The molecule has 0 fully saturated rings. The third kappa shape index (κ3) is 4.82. The highest BCUT2D eigenvalue weighted by molar-refractivity contribution is 9.09. The molecule has 0 amide bonds. The molecule has 0 aliphatic rings. The fourth-order valence-electron chi connectivity index (χ4n) is 1.84. The Bertz CT molecular complexity index is 455. The first kappa shape index (κ1) is 18.1. The van der Waals surface area contributed by atoms with E-state index in [1.54, 1.807) is 6.07 Å². The lowest BCUT2D eigenvalue weighted by molar-refractivity contribution is 0.246. The molecule has 1 rings (SSSR count). The van der Waals surface area contributed by atoms with Crippen molar-refractivity contribution in [2.24, 2.45) is 11.3 Å². The highest BCUT2D eigenvalue weighted by Gasteiger charge is 2.24. The molecule has 1 aromatic carbocycles. The van der Waals surface area contributed by atoms with E-state index >= 15 is 0 Å². The molecule has 20 heavy (non-hydrogen) atoms. The normalized spacial score (nSPS) is 15.0. The molecule has 2 unspecified atom stereocenters. The molecule has 2 atom stereocenters. The van der Waals surface area contributed by atoms with E-state index in [1.807, 2.05) is 13.0 Å². The molecule has 4 heteroatoms. The summed E-state index contributed by atoms with van der Waals surface area (Å²) in [7, 11) is 0. The number of hydrogen-bond donors (Lipinski definition) is 0. The molecule has 114 valence electrons. The van der Waals surface area contributed by atoms with E-state index in [0.29, 0.717) is 28.3 Å². The van der Waals surface area contributed by atoms with E-state index in [2.05, 4.69) is 43.6 Å². The number of halogens is 3. The standard InChI is InChI=1S/C16H23BrCl2O/c1-6-20-15-9-13(18)11(8-14(15)19)12(17)7-10(2)16(3,4)5/h8-10,12H,6-7H2,1-5H3. The summed E-state index contributed by atoms with van der Waals surface area (Å²) in [6.07, 6.45) is 1.01. The smallest absolute Gasteiger partial charge is 0.139 e. The van der Waals surface area contributed by atoms with Gasteiger partial charge in [0.1, 0.15) is 5.75 Å². The lowest BCUT2D eigenvalue weighted by Gasteiger charge is -2.29. The fraction of sp³-hybridized carbons (Fsp3) is 0.625. The molecule has 1 aromatic rings. The molecule has 0 radical (unpaired) electrons. The van der Waals surface area contributed by atoms with Gasteiger partial charge in [-0.1, -0.05) is 66.8 Å². The monoisotopic (exact) mass is 380 g/mol. The van der Waals surface area contributed by atoms with Crippen molar-refractivity contribution in [1.29, 1.82) is 0 Å². The Morgan fingerprint density at radius 3 is 2.30 bits per heavy atom. The van der Waals surface area contributed by atoms with Crippen molar-refractivity contribution in [2.75, 3.05) is 6.61 Å². The van der Waals surface area contributed by atoms with Gasteiger partial charge in [0, 0.05) is 15.9 Å². The molecule has 0 bridgehead atoms. The molecule has 1 nitrogen and oxygen atoms in total. The van der Waals surface area contributed by atoms with Crippen LogP contribution in [0.4, 0.5) is 0 Å². The van der Waals surface area contributed by atoms with Crippen molar-refractivity contribution >= 4 is 39.1 Å². The number of alkyl halides is 1. The van der Waals surface area contributed by atoms with Crippen LogP contribution in [0.1, 0.15) is 51.4 Å². The van der Waals surface area contributed by atoms with Gasteiger partial charge in [-0.05, 0) is 36.3 Å². The molecular formula is C16H23BrCl2O. The zero-order valence-corrected chi connectivity index (χ0v) is 15.9. The predicted octanol–water partition coefficient (Wildman–Crippen LogP) is 6.90. The Balaban J connectivity index is 2.94. The van der Waals surface area contributed by atoms with Crippen molar-refractivity contribution in [3.63, 3.8) is 0 Å². The Kier molecular flexibility index (Phi) is 6.69. The van der Waals surface area contributed by atoms with Crippen LogP contribution in [0, 0.1) is 11.3 Å². The second-order valence-electron chi connectivity index (χ2n) is 6.21. The molecule has 0 aromatic heterocycles. The van der Waals surface area contributed by atoms with E-state index in [1.165, 1.54) is 0 Å². The van der Waals surface area contributed by atoms with Crippen LogP contribution in [0.2, 0.25) is 10.0 Å². The van der Waals surface area contributed by atoms with E-state index in [-0.39, 0.29) is 10.2 Å². The van der Waals surface area contributed by atoms with Crippen molar-refractivity contribution in [3.8, 4) is 5.75 Å². The van der Waals surface area contributed by atoms with Gasteiger partial charge in [0.2, 0.25) is 0 Å². The first-order chi connectivity index (χ1) is 9.16. The topological polar surface area (TPSA) is 9.23 Å². The first-order valence-electron chi connectivity index (χ1n) is 6.92. The van der Waals surface area contributed by atoms with Crippen molar-refractivity contribution < 1.29 is 4.74 Å². The van der Waals surface area contributed by atoms with Gasteiger partial charge in [-0.25, -0.2) is 0 Å². The molecule has 0 aliphatic carbocycles. The average Bonchev–Trinajstić information content (AvgIpc) is 2.32. The maximum atomic E-state index is 6.36. The van der Waals surface area contributed by atoms with Gasteiger partial charge in [-0.2, -0.15) is 0 Å². The summed E-state index contributed by atoms with van der Waals surface area (Å²) in [6.45, 7) is 11.5. The SMILES string of the molecule is CCOc1cc(Cl)c(C(Br)CC(C)C(C)(C)C)cc1Cl. The molecule has 0 saturated carbocycles. The summed E-state index contributed by atoms with van der Waals surface area (Å²) in [5.74, 6) is 1.21. The van der Waals surface area contributed by atoms with E-state index in [0.717, 1.165) is 12.0 Å². The van der Waals surface area contributed by atoms with Crippen LogP contribution in [-0.2, 0) is 0 Å². The Labute approximate surface area is 141 Å². The number of ether oxygens (including phenoxy) is 1. The van der Waals surface area contributed by atoms with Gasteiger partial charge in [-0.3, -0.25) is 0 Å². The molecule has 0 N–H and O–H groups in total.